The molecule has 0 aliphatic carbocycles. The fraction of sp³-hybridized carbons (Fsp3) is 0.300. The number of rotatable bonds is 1. The minimum atomic E-state index is -4.38. The number of hydrogen-bond acceptors (Lipinski definition) is 1. The highest BCUT2D eigenvalue weighted by Gasteiger charge is 2.61. The molecule has 1 aromatic rings. The lowest BCUT2D eigenvalue weighted by molar-refractivity contribution is -0.156. The molecule has 0 spiro atoms. The average Bonchev–Trinajstić information content (AvgIpc) is 2.88. The molecule has 5 heteroatoms. The summed E-state index contributed by atoms with van der Waals surface area (Å²) < 4.78 is 37.9. The Bertz CT molecular complexity index is 431. The van der Waals surface area contributed by atoms with Crippen LogP contribution in [0.3, 0.4) is 0 Å². The Morgan fingerprint density at radius 2 is 1.93 bits per heavy atom. The summed E-state index contributed by atoms with van der Waals surface area (Å²) in [6.45, 7) is 1.74. The summed E-state index contributed by atoms with van der Waals surface area (Å²) >= 11 is 5.77. The number of alkyl halides is 3. The van der Waals surface area contributed by atoms with E-state index in [-0.39, 0.29) is 5.56 Å². The zero-order valence-electron chi connectivity index (χ0n) is 7.77. The van der Waals surface area contributed by atoms with E-state index in [1.807, 2.05) is 0 Å². The van der Waals surface area contributed by atoms with Crippen molar-refractivity contribution in [2.24, 2.45) is 4.99 Å². The van der Waals surface area contributed by atoms with Crippen LogP contribution in [0, 0.1) is 6.92 Å². The number of hydrogen-bond donors (Lipinski definition) is 0. The number of benzene rings is 1. The number of halogens is 4. The van der Waals surface area contributed by atoms with Gasteiger partial charge < -0.3 is 0 Å². The Morgan fingerprint density at radius 3 is 2.33 bits per heavy atom. The Balaban J connectivity index is 2.43. The van der Waals surface area contributed by atoms with Gasteiger partial charge >= 0.3 is 6.18 Å². The maximum Gasteiger partial charge on any atom is 0.422 e. The molecule has 0 N–H and O–H groups in total. The molecule has 1 nitrogen and oxygen atoms in total. The third-order valence-electron chi connectivity index (χ3n) is 2.43. The second kappa shape index (κ2) is 2.98. The van der Waals surface area contributed by atoms with E-state index in [4.69, 9.17) is 11.6 Å². The average molecular weight is 234 g/mol. The van der Waals surface area contributed by atoms with Gasteiger partial charge in [-0.05, 0) is 24.1 Å². The van der Waals surface area contributed by atoms with Gasteiger partial charge in [0, 0.05) is 11.2 Å². The van der Waals surface area contributed by atoms with Crippen LogP contribution in [0.5, 0.6) is 0 Å². The van der Waals surface area contributed by atoms with Crippen LogP contribution in [0.2, 0.25) is 5.02 Å². The van der Waals surface area contributed by atoms with Gasteiger partial charge in [-0.15, -0.1) is 0 Å². The summed E-state index contributed by atoms with van der Waals surface area (Å²) in [7, 11) is 0. The van der Waals surface area contributed by atoms with Gasteiger partial charge in [-0.3, -0.25) is 4.99 Å². The minimum absolute atomic E-state index is 0.0746. The molecule has 15 heavy (non-hydrogen) atoms. The van der Waals surface area contributed by atoms with Crippen molar-refractivity contribution >= 4 is 17.8 Å². The van der Waals surface area contributed by atoms with Gasteiger partial charge in [0.2, 0.25) is 5.54 Å². The topological polar surface area (TPSA) is 12.4 Å². The monoisotopic (exact) mass is 233 g/mol. The van der Waals surface area contributed by atoms with E-state index < -0.39 is 11.7 Å². The Labute approximate surface area is 89.6 Å². The largest absolute Gasteiger partial charge is 0.422 e. The zero-order chi connectivity index (χ0) is 11.3. The molecular weight excluding hydrogens is 227 g/mol. The lowest BCUT2D eigenvalue weighted by atomic mass is 9.96. The van der Waals surface area contributed by atoms with Gasteiger partial charge in [0.25, 0.3) is 0 Å². The molecule has 0 bridgehead atoms. The van der Waals surface area contributed by atoms with Crippen LogP contribution in [0.25, 0.3) is 0 Å². The predicted octanol–water partition coefficient (Wildman–Crippen LogP) is 3.49. The number of nitrogens with zero attached hydrogens (tertiary/aromatic N) is 1. The van der Waals surface area contributed by atoms with Crippen molar-refractivity contribution in [1.82, 2.24) is 0 Å². The highest BCUT2D eigenvalue weighted by atomic mass is 35.5. The van der Waals surface area contributed by atoms with Crippen molar-refractivity contribution in [3.05, 3.63) is 34.3 Å². The van der Waals surface area contributed by atoms with Crippen LogP contribution >= 0.6 is 11.6 Å². The fourth-order valence-electron chi connectivity index (χ4n) is 1.35. The molecule has 80 valence electrons. The van der Waals surface area contributed by atoms with Gasteiger partial charge in [0.15, 0.2) is 0 Å². The number of aliphatic imine (C=N–C) groups is 1. The fourth-order valence-corrected chi connectivity index (χ4v) is 1.53. The van der Waals surface area contributed by atoms with E-state index in [1.54, 1.807) is 13.0 Å². The van der Waals surface area contributed by atoms with E-state index in [9.17, 15) is 13.2 Å². The molecule has 0 aromatic heterocycles. The van der Waals surface area contributed by atoms with Crippen molar-refractivity contribution in [3.63, 3.8) is 0 Å². The molecule has 0 amide bonds. The van der Waals surface area contributed by atoms with E-state index >= 15 is 0 Å². The van der Waals surface area contributed by atoms with Crippen molar-refractivity contribution in [2.75, 3.05) is 0 Å². The van der Waals surface area contributed by atoms with E-state index in [2.05, 4.69) is 4.99 Å². The molecule has 1 aliphatic heterocycles. The minimum Gasteiger partial charge on any atom is -0.267 e. The van der Waals surface area contributed by atoms with Gasteiger partial charge in [0.05, 0.1) is 0 Å². The highest BCUT2D eigenvalue weighted by molar-refractivity contribution is 6.31. The SMILES string of the molecule is Cc1ccc(C2(C(F)(F)F)C=N2)cc1Cl. The molecule has 1 aromatic carbocycles. The summed E-state index contributed by atoms with van der Waals surface area (Å²) in [6, 6.07) is 4.28. The van der Waals surface area contributed by atoms with E-state index in [1.165, 1.54) is 12.1 Å². The molecule has 0 saturated carbocycles. The predicted molar refractivity (Wildman–Crippen MR) is 52.4 cm³/mol. The zero-order valence-corrected chi connectivity index (χ0v) is 8.52. The molecule has 1 unspecified atom stereocenters. The van der Waals surface area contributed by atoms with E-state index in [0.29, 0.717) is 5.02 Å². The Kier molecular flexibility index (Phi) is 2.08. The van der Waals surface area contributed by atoms with Crippen molar-refractivity contribution < 1.29 is 13.2 Å². The summed E-state index contributed by atoms with van der Waals surface area (Å²) in [5, 5.41) is 0.326. The molecule has 1 atom stereocenters. The third-order valence-corrected chi connectivity index (χ3v) is 2.84. The summed E-state index contributed by atoms with van der Waals surface area (Å²) in [5.74, 6) is 0. The van der Waals surface area contributed by atoms with Crippen molar-refractivity contribution in [1.29, 1.82) is 0 Å². The smallest absolute Gasteiger partial charge is 0.267 e. The quantitative estimate of drug-likeness (QED) is 0.704. The Hall–Kier alpha value is -1.03. The standard InChI is InChI=1S/C10H7ClF3N/c1-6-2-3-7(4-8(6)11)9(5-15-9)10(12,13)14/h2-5H,1H3. The van der Waals surface area contributed by atoms with Gasteiger partial charge in [-0.2, -0.15) is 13.2 Å². The van der Waals surface area contributed by atoms with Crippen LogP contribution in [-0.4, -0.2) is 12.4 Å². The molecule has 0 fully saturated rings. The summed E-state index contributed by atoms with van der Waals surface area (Å²) in [6.07, 6.45) is -3.49. The molecule has 1 heterocycles. The van der Waals surface area contributed by atoms with Gasteiger partial charge in [-0.25, -0.2) is 0 Å². The highest BCUT2D eigenvalue weighted by Crippen LogP contribution is 2.48. The second-order valence-corrected chi connectivity index (χ2v) is 3.89. The first-order valence-electron chi connectivity index (χ1n) is 4.26. The first-order valence-corrected chi connectivity index (χ1v) is 4.64. The normalized spacial score (nSPS) is 24.3. The molecule has 1 aliphatic rings. The van der Waals surface area contributed by atoms with Crippen LogP contribution < -0.4 is 0 Å². The molecule has 0 radical (unpaired) electrons. The van der Waals surface area contributed by atoms with Crippen LogP contribution in [-0.2, 0) is 5.54 Å². The molecular formula is C10H7ClF3N. The molecule has 0 saturated heterocycles. The lowest BCUT2D eigenvalue weighted by Gasteiger charge is -2.18. The lowest BCUT2D eigenvalue weighted by Crippen LogP contribution is -2.31. The van der Waals surface area contributed by atoms with Gasteiger partial charge in [-0.1, -0.05) is 23.7 Å². The first-order chi connectivity index (χ1) is 6.87. The summed E-state index contributed by atoms with van der Waals surface area (Å²) in [5.41, 5.74) is -1.30. The van der Waals surface area contributed by atoms with Gasteiger partial charge in [0.1, 0.15) is 0 Å². The van der Waals surface area contributed by atoms with Crippen molar-refractivity contribution in [2.45, 2.75) is 18.6 Å². The van der Waals surface area contributed by atoms with Crippen molar-refractivity contribution in [3.8, 4) is 0 Å². The maximum absolute atomic E-state index is 12.6. The van der Waals surface area contributed by atoms with Crippen LogP contribution in [0.15, 0.2) is 23.2 Å². The maximum atomic E-state index is 12.6. The second-order valence-electron chi connectivity index (χ2n) is 3.49. The third kappa shape index (κ3) is 1.53. The summed E-state index contributed by atoms with van der Waals surface area (Å²) in [4.78, 5) is 3.34. The van der Waals surface area contributed by atoms with E-state index in [0.717, 1.165) is 11.8 Å². The molecule has 2 rings (SSSR count). The first kappa shape index (κ1) is 10.5. The van der Waals surface area contributed by atoms with Crippen LogP contribution in [0.1, 0.15) is 11.1 Å². The number of aryl methyl sites for hydroxylation is 1. The van der Waals surface area contributed by atoms with Crippen LogP contribution in [0.4, 0.5) is 13.2 Å². The Morgan fingerprint density at radius 1 is 1.33 bits per heavy atom.